The Morgan fingerprint density at radius 3 is 2.52 bits per heavy atom. The van der Waals surface area contributed by atoms with Gasteiger partial charge in [0.2, 0.25) is 0 Å². The zero-order valence-corrected chi connectivity index (χ0v) is 17.1. The summed E-state index contributed by atoms with van der Waals surface area (Å²) in [4.78, 5) is 23.1. The van der Waals surface area contributed by atoms with E-state index in [-0.39, 0.29) is 10.8 Å². The van der Waals surface area contributed by atoms with E-state index in [1.165, 1.54) is 0 Å². The fourth-order valence-electron chi connectivity index (χ4n) is 6.52. The molecule has 0 aliphatic heterocycles. The van der Waals surface area contributed by atoms with Gasteiger partial charge in [-0.3, -0.25) is 0 Å². The fraction of sp³-hybridized carbons (Fsp3) is 0.652. The van der Waals surface area contributed by atoms with Crippen molar-refractivity contribution in [2.24, 2.45) is 34.5 Å². The summed E-state index contributed by atoms with van der Waals surface area (Å²) >= 11 is 0. The van der Waals surface area contributed by atoms with E-state index in [4.69, 9.17) is 19.7 Å². The van der Waals surface area contributed by atoms with Crippen LogP contribution < -0.4 is 0 Å². The number of ether oxygens (including phenoxy) is 2. The third-order valence-electron chi connectivity index (χ3n) is 8.04. The van der Waals surface area contributed by atoms with Gasteiger partial charge in [-0.05, 0) is 79.4 Å². The molecular weight excluding hydrogens is 372 g/mol. The van der Waals surface area contributed by atoms with Gasteiger partial charge in [0.25, 0.3) is 0 Å². The van der Waals surface area contributed by atoms with Crippen LogP contribution in [0.2, 0.25) is 0 Å². The number of esters is 2. The molecule has 0 aromatic carbocycles. The van der Waals surface area contributed by atoms with Crippen LogP contribution in [0.5, 0.6) is 0 Å². The Labute approximate surface area is 171 Å². The molecule has 0 heterocycles. The van der Waals surface area contributed by atoms with Crippen molar-refractivity contribution in [3.8, 4) is 0 Å². The molecule has 29 heavy (non-hydrogen) atoms. The lowest BCUT2D eigenvalue weighted by Gasteiger charge is -2.57. The Morgan fingerprint density at radius 2 is 1.79 bits per heavy atom. The van der Waals surface area contributed by atoms with E-state index in [0.717, 1.165) is 37.9 Å². The summed E-state index contributed by atoms with van der Waals surface area (Å²) in [6.45, 7) is 3.30. The highest BCUT2D eigenvalue weighted by Crippen LogP contribution is 2.65. The smallest absolute Gasteiger partial charge is 0.337 e. The first kappa shape index (κ1) is 20.4. The Hall–Kier alpha value is -1.92. The van der Waals surface area contributed by atoms with Gasteiger partial charge in [-0.15, -0.1) is 0 Å². The van der Waals surface area contributed by atoms with Crippen molar-refractivity contribution in [3.05, 3.63) is 35.8 Å². The number of allylic oxidation sites excluding steroid dienone is 5. The van der Waals surface area contributed by atoms with E-state index in [9.17, 15) is 9.59 Å². The molecule has 4 aliphatic carbocycles. The van der Waals surface area contributed by atoms with Crippen LogP contribution in [0.15, 0.2) is 35.8 Å². The number of fused-ring (bicyclic) bond motifs is 5. The normalized spacial score (nSPS) is 40.1. The van der Waals surface area contributed by atoms with Crippen molar-refractivity contribution in [2.75, 3.05) is 13.2 Å². The maximum absolute atomic E-state index is 11.7. The van der Waals surface area contributed by atoms with Gasteiger partial charge in [-0.2, -0.15) is 0 Å². The lowest BCUT2D eigenvalue weighted by molar-refractivity contribution is -0.146. The molecule has 2 N–H and O–H groups in total. The van der Waals surface area contributed by atoms with Gasteiger partial charge >= 0.3 is 11.9 Å². The van der Waals surface area contributed by atoms with Crippen LogP contribution in [0.3, 0.4) is 0 Å². The van der Waals surface area contributed by atoms with Gasteiger partial charge in [0.1, 0.15) is 24.7 Å². The quantitative estimate of drug-likeness (QED) is 0.703. The zero-order chi connectivity index (χ0) is 20.8. The Bertz CT molecular complexity index is 795. The van der Waals surface area contributed by atoms with Gasteiger partial charge in [0.15, 0.2) is 0 Å². The van der Waals surface area contributed by atoms with Crippen LogP contribution in [0.25, 0.3) is 0 Å². The monoisotopic (exact) mass is 402 g/mol. The van der Waals surface area contributed by atoms with Crippen LogP contribution in [0.1, 0.15) is 46.0 Å². The molecule has 2 saturated carbocycles. The Kier molecular flexibility index (Phi) is 5.20. The molecule has 6 atom stereocenters. The summed E-state index contributed by atoms with van der Waals surface area (Å²) < 4.78 is 10.7. The van der Waals surface area contributed by atoms with Crippen molar-refractivity contribution < 1.29 is 29.3 Å². The summed E-state index contributed by atoms with van der Waals surface area (Å²) in [5.41, 5.74) is -0.144. The minimum Gasteiger partial charge on any atom is -0.429 e. The van der Waals surface area contributed by atoms with Crippen molar-refractivity contribution in [3.63, 3.8) is 0 Å². The van der Waals surface area contributed by atoms with Gasteiger partial charge in [-0.25, -0.2) is 9.59 Å². The fourth-order valence-corrected chi connectivity index (χ4v) is 6.52. The number of hydrogen-bond acceptors (Lipinski definition) is 6. The van der Waals surface area contributed by atoms with Crippen LogP contribution >= 0.6 is 0 Å². The molecule has 6 heteroatoms. The van der Waals surface area contributed by atoms with Gasteiger partial charge < -0.3 is 19.7 Å². The molecule has 0 radical (unpaired) electrons. The maximum atomic E-state index is 11.7. The molecule has 0 amide bonds. The van der Waals surface area contributed by atoms with E-state index >= 15 is 0 Å². The Balaban J connectivity index is 1.53. The number of aliphatic hydroxyl groups is 2. The predicted molar refractivity (Wildman–Crippen MR) is 105 cm³/mol. The molecule has 0 aromatic rings. The summed E-state index contributed by atoms with van der Waals surface area (Å²) in [5, 5.41) is 18.0. The molecule has 6 nitrogen and oxygen atoms in total. The van der Waals surface area contributed by atoms with Crippen molar-refractivity contribution >= 4 is 11.9 Å². The predicted octanol–water partition coefficient (Wildman–Crippen LogP) is 2.86. The molecule has 1 unspecified atom stereocenters. The molecule has 4 rings (SSSR count). The number of carbonyl (C=O) groups is 2. The second-order valence-electron chi connectivity index (χ2n) is 9.35. The van der Waals surface area contributed by atoms with E-state index in [0.29, 0.717) is 29.4 Å². The molecule has 4 aliphatic rings. The van der Waals surface area contributed by atoms with Crippen LogP contribution in [0, 0.1) is 34.5 Å². The lowest BCUT2D eigenvalue weighted by Crippen LogP contribution is -2.51. The Morgan fingerprint density at radius 1 is 1.07 bits per heavy atom. The summed E-state index contributed by atoms with van der Waals surface area (Å²) in [5.74, 6) is 1.86. The molecule has 158 valence electrons. The number of hydrogen-bond donors (Lipinski definition) is 2. The number of aliphatic hydroxyl groups excluding tert-OH is 2. The lowest BCUT2D eigenvalue weighted by atomic mass is 9.47. The molecule has 2 fully saturated rings. The molecule has 0 saturated heterocycles. The van der Waals surface area contributed by atoms with Gasteiger partial charge in [0, 0.05) is 5.41 Å². The summed E-state index contributed by atoms with van der Waals surface area (Å²) in [6.07, 6.45) is 13.2. The SMILES string of the molecule is C[C@]12C=CC(OC(=O)CO)=CC1CC[C@@H]1[C@H]2CC[C@]2(C)C(OC(=O)CO)=CC[C@@H]12. The zero-order valence-electron chi connectivity index (χ0n) is 17.1. The topological polar surface area (TPSA) is 93.1 Å². The van der Waals surface area contributed by atoms with Crippen molar-refractivity contribution in [1.29, 1.82) is 0 Å². The van der Waals surface area contributed by atoms with Gasteiger partial charge in [-0.1, -0.05) is 19.9 Å². The van der Waals surface area contributed by atoms with E-state index in [1.54, 1.807) is 0 Å². The highest BCUT2D eigenvalue weighted by Gasteiger charge is 2.58. The molecule has 0 aromatic heterocycles. The molecular formula is C23H30O6. The maximum Gasteiger partial charge on any atom is 0.337 e. The first-order valence-corrected chi connectivity index (χ1v) is 10.6. The largest absolute Gasteiger partial charge is 0.429 e. The number of rotatable bonds is 4. The third-order valence-corrected chi connectivity index (χ3v) is 8.04. The second kappa shape index (κ2) is 7.40. The first-order chi connectivity index (χ1) is 13.8. The second-order valence-corrected chi connectivity index (χ2v) is 9.35. The standard InChI is InChI=1S/C23H30O6/c1-22-9-7-15(28-20(26)12-24)11-14(22)3-4-16-17-5-6-19(29-21(27)13-25)23(17,2)10-8-18(16)22/h6-7,9,11,14,16-18,24-25H,3-5,8,10,12-13H2,1-2H3/t14?,16-,17-,18+,22-,23-/m0/s1. The molecule has 0 bridgehead atoms. The summed E-state index contributed by atoms with van der Waals surface area (Å²) in [6, 6.07) is 0. The van der Waals surface area contributed by atoms with Crippen molar-refractivity contribution in [1.82, 2.24) is 0 Å². The van der Waals surface area contributed by atoms with Crippen LogP contribution in [-0.2, 0) is 19.1 Å². The van der Waals surface area contributed by atoms with Gasteiger partial charge in [0.05, 0.1) is 0 Å². The van der Waals surface area contributed by atoms with Crippen LogP contribution in [-0.4, -0.2) is 35.4 Å². The average molecular weight is 402 g/mol. The van der Waals surface area contributed by atoms with Crippen molar-refractivity contribution in [2.45, 2.75) is 46.0 Å². The van der Waals surface area contributed by atoms with E-state index in [2.05, 4.69) is 32.1 Å². The van der Waals surface area contributed by atoms with Crippen LogP contribution in [0.4, 0.5) is 0 Å². The number of carbonyl (C=O) groups excluding carboxylic acids is 2. The minimum atomic E-state index is -0.631. The average Bonchev–Trinajstić information content (AvgIpc) is 3.04. The highest BCUT2D eigenvalue weighted by molar-refractivity contribution is 5.72. The molecule has 0 spiro atoms. The van der Waals surface area contributed by atoms with E-state index in [1.807, 2.05) is 6.08 Å². The highest BCUT2D eigenvalue weighted by atomic mass is 16.6. The minimum absolute atomic E-state index is 0.00387. The first-order valence-electron chi connectivity index (χ1n) is 10.6. The van der Waals surface area contributed by atoms with E-state index < -0.39 is 25.2 Å². The summed E-state index contributed by atoms with van der Waals surface area (Å²) in [7, 11) is 0. The third kappa shape index (κ3) is 3.26.